The molecule has 0 radical (unpaired) electrons. The third-order valence-corrected chi connectivity index (χ3v) is 5.07. The standard InChI is InChI=1S/C19H33N3O5/c1-19(2,3)27-18(25)22-13-11-21(12-14-22)17(24)20-9-7-15(8-10-20)5-6-16(23)26-4/h15H,5-14H2,1-4H3. The van der Waals surface area contributed by atoms with E-state index in [-0.39, 0.29) is 18.1 Å². The molecule has 0 aromatic heterocycles. The normalized spacial score (nSPS) is 19.0. The molecule has 8 nitrogen and oxygen atoms in total. The van der Waals surface area contributed by atoms with Crippen LogP contribution in [0.1, 0.15) is 46.5 Å². The number of hydrogen-bond acceptors (Lipinski definition) is 5. The predicted octanol–water partition coefficient (Wildman–Crippen LogP) is 2.32. The van der Waals surface area contributed by atoms with E-state index in [0.29, 0.717) is 38.5 Å². The number of rotatable bonds is 3. The van der Waals surface area contributed by atoms with Gasteiger partial charge in [0.1, 0.15) is 5.60 Å². The maximum Gasteiger partial charge on any atom is 0.410 e. The summed E-state index contributed by atoms with van der Waals surface area (Å²) in [5.74, 6) is 0.300. The highest BCUT2D eigenvalue weighted by Gasteiger charge is 2.31. The number of amides is 3. The first kappa shape index (κ1) is 21.3. The van der Waals surface area contributed by atoms with E-state index in [1.54, 1.807) is 4.90 Å². The number of urea groups is 1. The van der Waals surface area contributed by atoms with Crippen LogP contribution in [0.25, 0.3) is 0 Å². The van der Waals surface area contributed by atoms with Crippen molar-refractivity contribution in [2.45, 2.75) is 52.1 Å². The number of hydrogen-bond donors (Lipinski definition) is 0. The summed E-state index contributed by atoms with van der Waals surface area (Å²) in [4.78, 5) is 41.5. The van der Waals surface area contributed by atoms with Gasteiger partial charge in [-0.2, -0.15) is 0 Å². The van der Waals surface area contributed by atoms with Gasteiger partial charge in [0.05, 0.1) is 7.11 Å². The average molecular weight is 383 g/mol. The van der Waals surface area contributed by atoms with Crippen LogP contribution in [0.2, 0.25) is 0 Å². The largest absolute Gasteiger partial charge is 0.469 e. The lowest BCUT2D eigenvalue weighted by Gasteiger charge is -2.40. The Balaban J connectivity index is 1.72. The first-order valence-electron chi connectivity index (χ1n) is 9.78. The van der Waals surface area contributed by atoms with Crippen molar-refractivity contribution in [2.24, 2.45) is 5.92 Å². The van der Waals surface area contributed by atoms with Gasteiger partial charge in [-0.1, -0.05) is 0 Å². The molecular weight excluding hydrogens is 350 g/mol. The summed E-state index contributed by atoms with van der Waals surface area (Å²) >= 11 is 0. The van der Waals surface area contributed by atoms with Gasteiger partial charge in [0.15, 0.2) is 0 Å². The summed E-state index contributed by atoms with van der Waals surface area (Å²) < 4.78 is 10.1. The summed E-state index contributed by atoms with van der Waals surface area (Å²) in [7, 11) is 1.41. The topological polar surface area (TPSA) is 79.4 Å². The summed E-state index contributed by atoms with van der Waals surface area (Å²) in [6.45, 7) is 9.03. The Morgan fingerprint density at radius 3 is 1.93 bits per heavy atom. The molecule has 2 heterocycles. The number of carbonyl (C=O) groups excluding carboxylic acids is 3. The van der Waals surface area contributed by atoms with Crippen LogP contribution >= 0.6 is 0 Å². The van der Waals surface area contributed by atoms with Gasteiger partial charge >= 0.3 is 18.1 Å². The second kappa shape index (κ2) is 9.28. The van der Waals surface area contributed by atoms with Gasteiger partial charge in [-0.25, -0.2) is 9.59 Å². The van der Waals surface area contributed by atoms with Crippen molar-refractivity contribution in [3.05, 3.63) is 0 Å². The fourth-order valence-corrected chi connectivity index (χ4v) is 3.44. The minimum Gasteiger partial charge on any atom is -0.469 e. The number of esters is 1. The van der Waals surface area contributed by atoms with E-state index in [9.17, 15) is 14.4 Å². The second-order valence-electron chi connectivity index (χ2n) is 8.28. The van der Waals surface area contributed by atoms with Crippen LogP contribution in [0, 0.1) is 5.92 Å². The molecule has 0 aromatic carbocycles. The Kier molecular flexibility index (Phi) is 7.33. The lowest BCUT2D eigenvalue weighted by molar-refractivity contribution is -0.141. The van der Waals surface area contributed by atoms with Gasteiger partial charge in [-0.3, -0.25) is 4.79 Å². The SMILES string of the molecule is COC(=O)CCC1CCN(C(=O)N2CCN(C(=O)OC(C)(C)C)CC2)CC1. The summed E-state index contributed by atoms with van der Waals surface area (Å²) in [5, 5.41) is 0. The number of likely N-dealkylation sites (tertiary alicyclic amines) is 1. The lowest BCUT2D eigenvalue weighted by Crippen LogP contribution is -2.55. The molecule has 2 aliphatic heterocycles. The fourth-order valence-electron chi connectivity index (χ4n) is 3.44. The number of piperazine rings is 1. The quantitative estimate of drug-likeness (QED) is 0.699. The van der Waals surface area contributed by atoms with Crippen molar-refractivity contribution in [2.75, 3.05) is 46.4 Å². The Hall–Kier alpha value is -1.99. The van der Waals surface area contributed by atoms with Crippen molar-refractivity contribution < 1.29 is 23.9 Å². The van der Waals surface area contributed by atoms with Crippen molar-refractivity contribution in [3.8, 4) is 0 Å². The van der Waals surface area contributed by atoms with E-state index in [2.05, 4.69) is 4.74 Å². The average Bonchev–Trinajstić information content (AvgIpc) is 2.64. The molecule has 3 amide bonds. The molecular formula is C19H33N3O5. The third kappa shape index (κ3) is 6.59. The fraction of sp³-hybridized carbons (Fsp3) is 0.842. The van der Waals surface area contributed by atoms with Crippen LogP contribution in [0.15, 0.2) is 0 Å². The molecule has 2 fully saturated rings. The molecule has 8 heteroatoms. The van der Waals surface area contributed by atoms with Crippen LogP contribution < -0.4 is 0 Å². The molecule has 2 saturated heterocycles. The van der Waals surface area contributed by atoms with E-state index in [0.717, 1.165) is 32.4 Å². The van der Waals surface area contributed by atoms with Crippen molar-refractivity contribution >= 4 is 18.1 Å². The van der Waals surface area contributed by atoms with Crippen LogP contribution in [0.3, 0.4) is 0 Å². The molecule has 0 atom stereocenters. The molecule has 0 aromatic rings. The minimum atomic E-state index is -0.512. The number of carbonyl (C=O) groups is 3. The molecule has 0 bridgehead atoms. The smallest absolute Gasteiger partial charge is 0.410 e. The van der Waals surface area contributed by atoms with E-state index in [1.165, 1.54) is 7.11 Å². The molecule has 154 valence electrons. The molecule has 2 rings (SSSR count). The summed E-state index contributed by atoms with van der Waals surface area (Å²) in [6, 6.07) is 0.0465. The van der Waals surface area contributed by atoms with Gasteiger partial charge in [-0.15, -0.1) is 0 Å². The number of methoxy groups -OCH3 is 1. The minimum absolute atomic E-state index is 0.0465. The first-order chi connectivity index (χ1) is 12.7. The predicted molar refractivity (Wildman–Crippen MR) is 100 cm³/mol. The zero-order valence-electron chi connectivity index (χ0n) is 17.0. The molecule has 0 unspecified atom stereocenters. The molecule has 27 heavy (non-hydrogen) atoms. The molecule has 2 aliphatic rings. The third-order valence-electron chi connectivity index (χ3n) is 5.07. The zero-order valence-corrected chi connectivity index (χ0v) is 17.0. The monoisotopic (exact) mass is 383 g/mol. The van der Waals surface area contributed by atoms with E-state index < -0.39 is 5.60 Å². The van der Waals surface area contributed by atoms with E-state index in [4.69, 9.17) is 4.74 Å². The molecule has 0 N–H and O–H groups in total. The maximum atomic E-state index is 12.7. The maximum absolute atomic E-state index is 12.7. The van der Waals surface area contributed by atoms with Crippen LogP contribution in [0.5, 0.6) is 0 Å². The summed E-state index contributed by atoms with van der Waals surface area (Å²) in [6.07, 6.45) is 2.78. The Morgan fingerprint density at radius 1 is 0.889 bits per heavy atom. The highest BCUT2D eigenvalue weighted by atomic mass is 16.6. The van der Waals surface area contributed by atoms with Crippen LogP contribution in [0.4, 0.5) is 9.59 Å². The molecule has 0 spiro atoms. The lowest BCUT2D eigenvalue weighted by atomic mass is 9.92. The van der Waals surface area contributed by atoms with Gasteiger partial charge in [0.25, 0.3) is 0 Å². The van der Waals surface area contributed by atoms with Crippen molar-refractivity contribution in [1.82, 2.24) is 14.7 Å². The molecule has 0 saturated carbocycles. The zero-order chi connectivity index (χ0) is 20.0. The van der Waals surface area contributed by atoms with Crippen molar-refractivity contribution in [1.29, 1.82) is 0 Å². The van der Waals surface area contributed by atoms with Crippen molar-refractivity contribution in [3.63, 3.8) is 0 Å². The van der Waals surface area contributed by atoms with Crippen LogP contribution in [-0.2, 0) is 14.3 Å². The molecule has 0 aliphatic carbocycles. The van der Waals surface area contributed by atoms with E-state index >= 15 is 0 Å². The highest BCUT2D eigenvalue weighted by Crippen LogP contribution is 2.23. The highest BCUT2D eigenvalue weighted by molar-refractivity contribution is 5.75. The van der Waals surface area contributed by atoms with Gasteiger partial charge in [0.2, 0.25) is 0 Å². The number of ether oxygens (including phenoxy) is 2. The summed E-state index contributed by atoms with van der Waals surface area (Å²) in [5.41, 5.74) is -0.512. The Morgan fingerprint density at radius 2 is 1.41 bits per heavy atom. The van der Waals surface area contributed by atoms with E-state index in [1.807, 2.05) is 30.6 Å². The Bertz CT molecular complexity index is 530. The number of nitrogens with zero attached hydrogens (tertiary/aromatic N) is 3. The van der Waals surface area contributed by atoms with Crippen LogP contribution in [-0.4, -0.2) is 84.8 Å². The van der Waals surface area contributed by atoms with Gasteiger partial charge < -0.3 is 24.2 Å². The second-order valence-corrected chi connectivity index (χ2v) is 8.28. The Labute approximate surface area is 161 Å². The first-order valence-corrected chi connectivity index (χ1v) is 9.78. The van der Waals surface area contributed by atoms with Gasteiger partial charge in [-0.05, 0) is 46.0 Å². The number of piperidine rings is 1. The van der Waals surface area contributed by atoms with Gasteiger partial charge in [0, 0.05) is 45.7 Å².